The lowest BCUT2D eigenvalue weighted by Gasteiger charge is -2.66. The van der Waals surface area contributed by atoms with Crippen molar-refractivity contribution in [3.8, 4) is 0 Å². The van der Waals surface area contributed by atoms with E-state index >= 15 is 0 Å². The van der Waals surface area contributed by atoms with Gasteiger partial charge in [0.25, 0.3) is 0 Å². The number of nitrogens with one attached hydrogen (secondary N) is 2. The second kappa shape index (κ2) is 3.25. The number of aliphatic hydroxyl groups excluding tert-OH is 1. The van der Waals surface area contributed by atoms with Gasteiger partial charge in [0.2, 0.25) is 5.66 Å². The van der Waals surface area contributed by atoms with Crippen LogP contribution in [0.2, 0.25) is 0 Å². The van der Waals surface area contributed by atoms with Crippen LogP contribution >= 0.6 is 0 Å². The van der Waals surface area contributed by atoms with Crippen molar-refractivity contribution in [3.63, 3.8) is 0 Å². The Hall–Kier alpha value is -0.120. The van der Waals surface area contributed by atoms with Crippen molar-refractivity contribution in [1.82, 2.24) is 0 Å². The van der Waals surface area contributed by atoms with Gasteiger partial charge in [-0.1, -0.05) is 13.8 Å². The molecule has 0 saturated carbocycles. The van der Waals surface area contributed by atoms with E-state index < -0.39 is 0 Å². The van der Waals surface area contributed by atoms with Gasteiger partial charge in [0.05, 0.1) is 56.0 Å². The predicted octanol–water partition coefficient (Wildman–Crippen LogP) is -1.31. The average Bonchev–Trinajstić information content (AvgIpc) is 2.25. The van der Waals surface area contributed by atoms with Gasteiger partial charge in [-0.2, -0.15) is 0 Å². The molecule has 0 aromatic rings. The Morgan fingerprint density at radius 3 is 1.59 bits per heavy atom. The largest absolute Gasteiger partial charge is 0.391 e. The molecule has 4 saturated heterocycles. The van der Waals surface area contributed by atoms with E-state index in [9.17, 15) is 5.11 Å². The molecule has 0 aromatic carbocycles. The fraction of sp³-hybridized carbons (Fsp3) is 1.00. The lowest BCUT2D eigenvalue weighted by Crippen LogP contribution is -3.49. The molecule has 4 bridgehead atoms. The standard InChI is InChI=1S/C14H26N2O/c1-5-14(6-2)15-7-12(3)8-16(14)10-13(4,9-15)11(12)17/h11,17H,5-10H2,1-4H3/p+2. The molecule has 98 valence electrons. The Morgan fingerprint density at radius 2 is 1.29 bits per heavy atom. The molecule has 4 heterocycles. The molecule has 17 heavy (non-hydrogen) atoms. The van der Waals surface area contributed by atoms with Crippen molar-refractivity contribution in [3.05, 3.63) is 0 Å². The van der Waals surface area contributed by atoms with Crippen molar-refractivity contribution in [2.24, 2.45) is 10.8 Å². The predicted molar refractivity (Wildman–Crippen MR) is 66.9 cm³/mol. The first kappa shape index (κ1) is 11.9. The molecule has 0 unspecified atom stereocenters. The van der Waals surface area contributed by atoms with E-state index in [2.05, 4.69) is 27.7 Å². The highest BCUT2D eigenvalue weighted by Gasteiger charge is 2.71. The summed E-state index contributed by atoms with van der Waals surface area (Å²) in [5.74, 6) is 0. The zero-order chi connectivity index (χ0) is 12.5. The number of rotatable bonds is 2. The molecular formula is C14H28N2O+2. The van der Waals surface area contributed by atoms with Crippen LogP contribution in [0.1, 0.15) is 40.5 Å². The number of piperidine rings is 2. The van der Waals surface area contributed by atoms with Crippen LogP contribution in [0.4, 0.5) is 0 Å². The molecule has 4 aliphatic rings. The van der Waals surface area contributed by atoms with Crippen LogP contribution < -0.4 is 9.80 Å². The Labute approximate surface area is 105 Å². The highest BCUT2D eigenvalue weighted by Crippen LogP contribution is 2.40. The van der Waals surface area contributed by atoms with Crippen LogP contribution in [0.25, 0.3) is 0 Å². The summed E-state index contributed by atoms with van der Waals surface area (Å²) in [7, 11) is 0. The molecule has 0 aliphatic carbocycles. The van der Waals surface area contributed by atoms with Crippen LogP contribution in [-0.2, 0) is 0 Å². The number of hydrogen-bond donors (Lipinski definition) is 3. The molecule has 0 radical (unpaired) electrons. The highest BCUT2D eigenvalue weighted by molar-refractivity contribution is 5.01. The fourth-order valence-electron chi connectivity index (χ4n) is 5.60. The molecule has 4 fully saturated rings. The van der Waals surface area contributed by atoms with E-state index in [1.54, 1.807) is 9.80 Å². The summed E-state index contributed by atoms with van der Waals surface area (Å²) >= 11 is 0. The first-order valence-electron chi connectivity index (χ1n) is 7.29. The maximum absolute atomic E-state index is 10.6. The lowest BCUT2D eigenvalue weighted by atomic mass is 9.59. The fourth-order valence-corrected chi connectivity index (χ4v) is 5.60. The summed E-state index contributed by atoms with van der Waals surface area (Å²) in [6.45, 7) is 14.0. The molecule has 3 N–H and O–H groups in total. The Kier molecular flexibility index (Phi) is 2.28. The van der Waals surface area contributed by atoms with Gasteiger partial charge in [-0.05, 0) is 13.8 Å². The van der Waals surface area contributed by atoms with Gasteiger partial charge < -0.3 is 5.11 Å². The van der Waals surface area contributed by atoms with Gasteiger partial charge in [0, 0.05) is 0 Å². The monoisotopic (exact) mass is 240 g/mol. The van der Waals surface area contributed by atoms with Crippen molar-refractivity contribution >= 4 is 0 Å². The third-order valence-electron chi connectivity index (χ3n) is 6.35. The smallest absolute Gasteiger partial charge is 0.222 e. The summed E-state index contributed by atoms with van der Waals surface area (Å²) in [6, 6.07) is 0. The second-order valence-corrected chi connectivity index (χ2v) is 7.41. The third-order valence-corrected chi connectivity index (χ3v) is 6.35. The molecular weight excluding hydrogens is 212 g/mol. The SMILES string of the molecule is CCC1(CC)[NH+]2CC3(C)C[NH+]1CC(C)(C2)C3O. The molecule has 0 amide bonds. The van der Waals surface area contributed by atoms with Gasteiger partial charge in [-0.25, -0.2) is 0 Å². The van der Waals surface area contributed by atoms with Crippen LogP contribution in [0, 0.1) is 10.8 Å². The van der Waals surface area contributed by atoms with Crippen LogP contribution in [-0.4, -0.2) is 43.1 Å². The summed E-state index contributed by atoms with van der Waals surface area (Å²) in [5.41, 5.74) is 0.757. The van der Waals surface area contributed by atoms with E-state index in [4.69, 9.17) is 0 Å². The Balaban J connectivity index is 2.03. The molecule has 0 atom stereocenters. The third kappa shape index (κ3) is 1.23. The van der Waals surface area contributed by atoms with Crippen molar-refractivity contribution in [2.75, 3.05) is 26.2 Å². The molecule has 3 nitrogen and oxygen atoms in total. The quantitative estimate of drug-likeness (QED) is 0.549. The second-order valence-electron chi connectivity index (χ2n) is 7.41. The summed E-state index contributed by atoms with van der Waals surface area (Å²) in [6.07, 6.45) is 2.46. The molecule has 0 spiro atoms. The molecule has 3 heteroatoms. The Morgan fingerprint density at radius 1 is 0.941 bits per heavy atom. The van der Waals surface area contributed by atoms with E-state index in [0.29, 0.717) is 5.66 Å². The van der Waals surface area contributed by atoms with E-state index in [-0.39, 0.29) is 16.9 Å². The minimum Gasteiger partial charge on any atom is -0.391 e. The average molecular weight is 240 g/mol. The molecule has 4 rings (SSSR count). The maximum Gasteiger partial charge on any atom is 0.222 e. The summed E-state index contributed by atoms with van der Waals surface area (Å²) in [4.78, 5) is 3.54. The zero-order valence-electron chi connectivity index (χ0n) is 11.8. The number of quaternary nitrogens is 2. The molecule has 4 aliphatic heterocycles. The van der Waals surface area contributed by atoms with Gasteiger partial charge in [0.1, 0.15) is 0 Å². The van der Waals surface area contributed by atoms with Crippen molar-refractivity contribution in [2.45, 2.75) is 52.3 Å². The highest BCUT2D eigenvalue weighted by atomic mass is 16.3. The van der Waals surface area contributed by atoms with E-state index in [0.717, 1.165) is 0 Å². The maximum atomic E-state index is 10.6. The first-order chi connectivity index (χ1) is 7.90. The minimum absolute atomic E-state index is 0.0887. The van der Waals surface area contributed by atoms with E-state index in [1.165, 1.54) is 39.0 Å². The molecule has 0 aromatic heterocycles. The van der Waals surface area contributed by atoms with Crippen molar-refractivity contribution in [1.29, 1.82) is 0 Å². The van der Waals surface area contributed by atoms with Gasteiger partial charge in [-0.15, -0.1) is 0 Å². The van der Waals surface area contributed by atoms with Gasteiger partial charge in [-0.3, -0.25) is 9.80 Å². The minimum atomic E-state index is -0.0887. The van der Waals surface area contributed by atoms with Gasteiger partial charge in [0.15, 0.2) is 0 Å². The van der Waals surface area contributed by atoms with Crippen molar-refractivity contribution < 1.29 is 14.9 Å². The zero-order valence-corrected chi connectivity index (χ0v) is 11.8. The lowest BCUT2D eigenvalue weighted by molar-refractivity contribution is -1.21. The van der Waals surface area contributed by atoms with Crippen LogP contribution in [0.5, 0.6) is 0 Å². The van der Waals surface area contributed by atoms with Gasteiger partial charge >= 0.3 is 0 Å². The topological polar surface area (TPSA) is 29.1 Å². The Bertz CT molecular complexity index is 297. The summed E-state index contributed by atoms with van der Waals surface area (Å²) in [5, 5.41) is 10.6. The first-order valence-corrected chi connectivity index (χ1v) is 7.29. The van der Waals surface area contributed by atoms with Crippen LogP contribution in [0.3, 0.4) is 0 Å². The van der Waals surface area contributed by atoms with E-state index in [1.807, 2.05) is 0 Å². The number of aliphatic hydroxyl groups is 1. The summed E-state index contributed by atoms with van der Waals surface area (Å²) < 4.78 is 0. The number of hydrogen-bond acceptors (Lipinski definition) is 1. The van der Waals surface area contributed by atoms with Crippen LogP contribution in [0.15, 0.2) is 0 Å². The normalized spacial score (nSPS) is 55.2.